The molecule has 0 radical (unpaired) electrons. The molecule has 2 aromatic carbocycles. The number of rotatable bonds is 6. The fraction of sp³-hybridized carbons (Fsp3) is 0.304. The summed E-state index contributed by atoms with van der Waals surface area (Å²) < 4.78 is 0. The summed E-state index contributed by atoms with van der Waals surface area (Å²) in [5.74, 6) is 0.0626. The molecule has 0 spiro atoms. The van der Waals surface area contributed by atoms with E-state index in [0.717, 1.165) is 49.5 Å². The minimum absolute atomic E-state index is 0.184. The molecule has 1 aliphatic rings. The monoisotopic (exact) mass is 411 g/mol. The molecule has 1 aliphatic heterocycles. The number of carbonyl (C=O) groups is 2. The van der Waals surface area contributed by atoms with Gasteiger partial charge < -0.3 is 15.1 Å². The van der Waals surface area contributed by atoms with Crippen LogP contribution in [0.3, 0.4) is 0 Å². The van der Waals surface area contributed by atoms with Crippen LogP contribution in [0.25, 0.3) is 6.08 Å². The van der Waals surface area contributed by atoms with Gasteiger partial charge >= 0.3 is 0 Å². The Balaban J connectivity index is 1.50. The van der Waals surface area contributed by atoms with Gasteiger partial charge in [0.25, 0.3) is 0 Å². The van der Waals surface area contributed by atoms with Gasteiger partial charge in [0.1, 0.15) is 0 Å². The molecule has 6 heteroatoms. The first kappa shape index (κ1) is 20.9. The number of halogens is 1. The highest BCUT2D eigenvalue weighted by molar-refractivity contribution is 6.30. The summed E-state index contributed by atoms with van der Waals surface area (Å²) in [4.78, 5) is 28.3. The quantitative estimate of drug-likeness (QED) is 0.715. The van der Waals surface area contributed by atoms with Gasteiger partial charge in [-0.15, -0.1) is 0 Å². The van der Waals surface area contributed by atoms with Gasteiger partial charge in [-0.25, -0.2) is 0 Å². The van der Waals surface area contributed by atoms with Crippen molar-refractivity contribution in [1.29, 1.82) is 0 Å². The van der Waals surface area contributed by atoms with E-state index in [1.165, 1.54) is 6.08 Å². The number of amides is 2. The lowest BCUT2D eigenvalue weighted by Gasteiger charge is -2.36. The molecule has 0 atom stereocenters. The van der Waals surface area contributed by atoms with Crippen LogP contribution < -0.4 is 10.2 Å². The predicted molar refractivity (Wildman–Crippen MR) is 119 cm³/mol. The van der Waals surface area contributed by atoms with E-state index in [2.05, 4.69) is 10.2 Å². The van der Waals surface area contributed by atoms with Gasteiger partial charge in [0.2, 0.25) is 11.8 Å². The van der Waals surface area contributed by atoms with Crippen LogP contribution in [-0.4, -0.2) is 42.9 Å². The normalized spacial score (nSPS) is 14.3. The fourth-order valence-electron chi connectivity index (χ4n) is 3.27. The number of nitrogens with one attached hydrogen (secondary N) is 1. The van der Waals surface area contributed by atoms with Crippen LogP contribution in [-0.2, 0) is 9.59 Å². The van der Waals surface area contributed by atoms with E-state index in [1.54, 1.807) is 18.2 Å². The van der Waals surface area contributed by atoms with Crippen molar-refractivity contribution >= 4 is 40.9 Å². The Labute approximate surface area is 177 Å². The number of piperazine rings is 1. The third kappa shape index (κ3) is 6.09. The molecule has 1 fully saturated rings. The summed E-state index contributed by atoms with van der Waals surface area (Å²) in [5.41, 5.74) is 2.76. The minimum Gasteiger partial charge on any atom is -0.368 e. The Morgan fingerprint density at radius 3 is 2.28 bits per heavy atom. The van der Waals surface area contributed by atoms with Crippen molar-refractivity contribution in [2.75, 3.05) is 36.4 Å². The minimum atomic E-state index is -0.184. The lowest BCUT2D eigenvalue weighted by Crippen LogP contribution is -2.48. The first-order chi connectivity index (χ1) is 14.0. The molecule has 5 nitrogen and oxygen atoms in total. The van der Waals surface area contributed by atoms with Gasteiger partial charge in [0.05, 0.1) is 0 Å². The van der Waals surface area contributed by atoms with Crippen molar-refractivity contribution < 1.29 is 9.59 Å². The molecule has 0 bridgehead atoms. The Kier molecular flexibility index (Phi) is 7.30. The molecule has 0 unspecified atom stereocenters. The van der Waals surface area contributed by atoms with Gasteiger partial charge in [-0.1, -0.05) is 30.7 Å². The molecule has 152 valence electrons. The average molecular weight is 412 g/mol. The van der Waals surface area contributed by atoms with E-state index in [-0.39, 0.29) is 11.8 Å². The van der Waals surface area contributed by atoms with Crippen LogP contribution in [0.2, 0.25) is 5.02 Å². The Bertz CT molecular complexity index is 855. The summed E-state index contributed by atoms with van der Waals surface area (Å²) in [5, 5.41) is 3.53. The van der Waals surface area contributed by atoms with E-state index in [4.69, 9.17) is 11.6 Å². The second-order valence-corrected chi connectivity index (χ2v) is 7.48. The zero-order valence-corrected chi connectivity index (χ0v) is 17.4. The largest absolute Gasteiger partial charge is 0.368 e. The SMILES string of the molecule is CCCC(=O)N1CCN(c2ccc(NC(=O)/C=C/c3ccc(Cl)cc3)cc2)CC1. The second kappa shape index (κ2) is 10.1. The smallest absolute Gasteiger partial charge is 0.248 e. The zero-order valence-electron chi connectivity index (χ0n) is 16.6. The third-order valence-corrected chi connectivity index (χ3v) is 5.15. The molecule has 0 aliphatic carbocycles. The third-order valence-electron chi connectivity index (χ3n) is 4.89. The predicted octanol–water partition coefficient (Wildman–Crippen LogP) is 4.44. The number of nitrogens with zero attached hydrogens (tertiary/aromatic N) is 2. The Hall–Kier alpha value is -2.79. The number of carbonyl (C=O) groups excluding carboxylic acids is 2. The van der Waals surface area contributed by atoms with Crippen molar-refractivity contribution in [3.63, 3.8) is 0 Å². The molecule has 1 heterocycles. The standard InChI is InChI=1S/C23H26ClN3O2/c1-2-3-23(29)27-16-14-26(15-17-27)21-11-9-20(10-12-21)25-22(28)13-6-18-4-7-19(24)8-5-18/h4-13H,2-3,14-17H2,1H3,(H,25,28)/b13-6+. The van der Waals surface area contributed by atoms with Gasteiger partial charge in [0, 0.05) is 55.1 Å². The van der Waals surface area contributed by atoms with Crippen LogP contribution >= 0.6 is 11.6 Å². The van der Waals surface area contributed by atoms with Crippen LogP contribution in [0.4, 0.5) is 11.4 Å². The van der Waals surface area contributed by atoms with Crippen molar-refractivity contribution in [1.82, 2.24) is 4.90 Å². The molecule has 1 saturated heterocycles. The first-order valence-electron chi connectivity index (χ1n) is 9.92. The van der Waals surface area contributed by atoms with Crippen LogP contribution in [0.5, 0.6) is 0 Å². The molecule has 2 aromatic rings. The summed E-state index contributed by atoms with van der Waals surface area (Å²) >= 11 is 5.86. The van der Waals surface area contributed by atoms with Gasteiger partial charge in [-0.2, -0.15) is 0 Å². The first-order valence-corrected chi connectivity index (χ1v) is 10.3. The molecule has 0 saturated carbocycles. The van der Waals surface area contributed by atoms with E-state index in [1.807, 2.05) is 48.2 Å². The molecule has 2 amide bonds. The molecule has 0 aromatic heterocycles. The van der Waals surface area contributed by atoms with Crippen molar-refractivity contribution in [2.45, 2.75) is 19.8 Å². The molecule has 1 N–H and O–H groups in total. The van der Waals surface area contributed by atoms with E-state index < -0.39 is 0 Å². The maximum absolute atomic E-state index is 12.1. The average Bonchev–Trinajstić information content (AvgIpc) is 2.74. The molecule has 3 rings (SSSR count). The fourth-order valence-corrected chi connectivity index (χ4v) is 3.40. The van der Waals surface area contributed by atoms with E-state index >= 15 is 0 Å². The highest BCUT2D eigenvalue weighted by atomic mass is 35.5. The van der Waals surface area contributed by atoms with Gasteiger partial charge in [-0.3, -0.25) is 9.59 Å². The number of hydrogen-bond donors (Lipinski definition) is 1. The van der Waals surface area contributed by atoms with Crippen LogP contribution in [0, 0.1) is 0 Å². The van der Waals surface area contributed by atoms with E-state index in [9.17, 15) is 9.59 Å². The van der Waals surface area contributed by atoms with Crippen LogP contribution in [0.1, 0.15) is 25.3 Å². The maximum atomic E-state index is 12.1. The molecular formula is C23H26ClN3O2. The van der Waals surface area contributed by atoms with Crippen molar-refractivity contribution in [2.24, 2.45) is 0 Å². The maximum Gasteiger partial charge on any atom is 0.248 e. The summed E-state index contributed by atoms with van der Waals surface area (Å²) in [7, 11) is 0. The number of anilines is 2. The highest BCUT2D eigenvalue weighted by Crippen LogP contribution is 2.20. The second-order valence-electron chi connectivity index (χ2n) is 7.04. The van der Waals surface area contributed by atoms with Gasteiger partial charge in [-0.05, 0) is 54.5 Å². The van der Waals surface area contributed by atoms with Crippen molar-refractivity contribution in [3.05, 3.63) is 65.2 Å². The zero-order chi connectivity index (χ0) is 20.6. The summed E-state index contributed by atoms with van der Waals surface area (Å²) in [6.07, 6.45) is 4.77. The molecular weight excluding hydrogens is 386 g/mol. The lowest BCUT2D eigenvalue weighted by molar-refractivity contribution is -0.131. The summed E-state index contributed by atoms with van der Waals surface area (Å²) in [6, 6.07) is 15.1. The number of hydrogen-bond acceptors (Lipinski definition) is 3. The topological polar surface area (TPSA) is 52.7 Å². The number of benzene rings is 2. The lowest BCUT2D eigenvalue weighted by atomic mass is 10.2. The van der Waals surface area contributed by atoms with Crippen LogP contribution in [0.15, 0.2) is 54.6 Å². The van der Waals surface area contributed by atoms with Crippen molar-refractivity contribution in [3.8, 4) is 0 Å². The van der Waals surface area contributed by atoms with E-state index in [0.29, 0.717) is 11.4 Å². The highest BCUT2D eigenvalue weighted by Gasteiger charge is 2.20. The summed E-state index contributed by atoms with van der Waals surface area (Å²) in [6.45, 7) is 5.19. The molecule has 29 heavy (non-hydrogen) atoms. The Morgan fingerprint density at radius 1 is 1.00 bits per heavy atom. The Morgan fingerprint density at radius 2 is 1.66 bits per heavy atom. The van der Waals surface area contributed by atoms with Gasteiger partial charge in [0.15, 0.2) is 0 Å².